The summed E-state index contributed by atoms with van der Waals surface area (Å²) in [4.78, 5) is 72.2. The summed E-state index contributed by atoms with van der Waals surface area (Å²) in [5.41, 5.74) is 0. The van der Waals surface area contributed by atoms with Gasteiger partial charge < -0.3 is 33.8 Å². The Balaban J connectivity index is 5.25. The number of aliphatic hydroxyl groups excluding tert-OH is 1. The first-order valence-electron chi connectivity index (χ1n) is 33.8. The van der Waals surface area contributed by atoms with Gasteiger partial charge in [-0.25, -0.2) is 9.13 Å². The molecular weight excluding hydrogens is 1110 g/mol. The monoisotopic (exact) mass is 1240 g/mol. The molecule has 0 aromatic heterocycles. The molecule has 0 aromatic carbocycles. The molecule has 0 aliphatic rings. The third-order valence-electron chi connectivity index (χ3n) is 15.9. The Morgan fingerprint density at radius 3 is 0.845 bits per heavy atom. The van der Waals surface area contributed by atoms with E-state index in [0.29, 0.717) is 31.6 Å². The van der Waals surface area contributed by atoms with Crippen molar-refractivity contribution in [2.24, 2.45) is 23.7 Å². The molecule has 0 heterocycles. The minimum atomic E-state index is -4.95. The van der Waals surface area contributed by atoms with Gasteiger partial charge in [-0.05, 0) is 49.4 Å². The van der Waals surface area contributed by atoms with Gasteiger partial charge in [-0.2, -0.15) is 0 Å². The average Bonchev–Trinajstić information content (AvgIpc) is 3.50. The number of unbranched alkanes of at least 4 members (excludes halogenated alkanes) is 25. The van der Waals surface area contributed by atoms with E-state index in [1.807, 2.05) is 0 Å². The molecule has 17 nitrogen and oxygen atoms in total. The summed E-state index contributed by atoms with van der Waals surface area (Å²) >= 11 is 0. The van der Waals surface area contributed by atoms with Crippen LogP contribution in [0.25, 0.3) is 0 Å². The Hall–Kier alpha value is -1.94. The lowest BCUT2D eigenvalue weighted by Crippen LogP contribution is -2.30. The summed E-state index contributed by atoms with van der Waals surface area (Å²) in [6.45, 7) is 14.0. The minimum absolute atomic E-state index is 0.102. The minimum Gasteiger partial charge on any atom is -0.462 e. The molecule has 0 radical (unpaired) electrons. The average molecular weight is 1240 g/mol. The quantitative estimate of drug-likeness (QED) is 0.0222. The summed E-state index contributed by atoms with van der Waals surface area (Å²) in [7, 11) is -9.89. The van der Waals surface area contributed by atoms with Crippen molar-refractivity contribution in [1.29, 1.82) is 0 Å². The SMILES string of the molecule is CCC(C)CCCCCCCCCCCCC(=O)OC[C@H](COP(=O)(O)OC[C@@H](O)COP(=O)(O)OC[C@@H](COC(=O)CCCCCCCCC(C)CC)OC(=O)CCCCCCCCCC(C)C)OC(=O)CCCCCCCCC(C)CC. The van der Waals surface area contributed by atoms with Crippen molar-refractivity contribution in [2.45, 2.75) is 331 Å². The fourth-order valence-electron chi connectivity index (χ4n) is 9.51. The Kier molecular flexibility index (Phi) is 53.9. The van der Waals surface area contributed by atoms with E-state index in [-0.39, 0.29) is 25.7 Å². The highest BCUT2D eigenvalue weighted by Gasteiger charge is 2.30. The summed E-state index contributed by atoms with van der Waals surface area (Å²) in [6, 6.07) is 0. The van der Waals surface area contributed by atoms with E-state index in [1.165, 1.54) is 109 Å². The van der Waals surface area contributed by atoms with Crippen molar-refractivity contribution >= 4 is 39.5 Å². The molecule has 0 amide bonds. The van der Waals surface area contributed by atoms with E-state index in [9.17, 15) is 43.2 Å². The van der Waals surface area contributed by atoms with Crippen LogP contribution in [-0.4, -0.2) is 96.7 Å². The summed E-state index contributed by atoms with van der Waals surface area (Å²) in [5.74, 6) is 0.814. The Morgan fingerprint density at radius 1 is 0.333 bits per heavy atom. The normalized spacial score (nSPS) is 15.4. The maximum absolute atomic E-state index is 13.0. The van der Waals surface area contributed by atoms with Crippen LogP contribution in [0.5, 0.6) is 0 Å². The van der Waals surface area contributed by atoms with E-state index in [4.69, 9.17) is 37.0 Å². The number of carbonyl (C=O) groups excluding carboxylic acids is 4. The van der Waals surface area contributed by atoms with Gasteiger partial charge in [0.05, 0.1) is 26.4 Å². The predicted molar refractivity (Wildman–Crippen MR) is 335 cm³/mol. The molecular formula is C65H126O17P2. The van der Waals surface area contributed by atoms with Crippen molar-refractivity contribution in [1.82, 2.24) is 0 Å². The number of hydrogen-bond donors (Lipinski definition) is 3. The standard InChI is InChI=1S/C65H126O17P2/c1-9-56(6)42-34-26-18-14-12-13-15-19-29-37-45-62(67)75-51-61(82-65(70)48-40-32-24-22-28-36-44-58(8)11-3)54-80-84(73,74)78-50-59(66)49-77-83(71,72)79-53-60(81-64(69)47-39-31-20-16-17-25-33-41-55(4)5)52-76-63(68)46-38-30-23-21-27-35-43-57(7)10-2/h55-61,66H,9-54H2,1-8H3,(H,71,72)(H,73,74)/t56?,57?,58?,59-,60+,61+/m0/s1. The van der Waals surface area contributed by atoms with E-state index < -0.39 is 97.5 Å². The van der Waals surface area contributed by atoms with E-state index in [2.05, 4.69) is 55.4 Å². The molecule has 84 heavy (non-hydrogen) atoms. The lowest BCUT2D eigenvalue weighted by atomic mass is 9.99. The molecule has 0 rings (SSSR count). The molecule has 5 unspecified atom stereocenters. The maximum atomic E-state index is 13.0. The molecule has 0 bridgehead atoms. The second-order valence-corrected chi connectivity index (χ2v) is 27.6. The molecule has 0 aliphatic carbocycles. The maximum Gasteiger partial charge on any atom is 0.472 e. The second kappa shape index (κ2) is 55.2. The molecule has 8 atom stereocenters. The fourth-order valence-corrected chi connectivity index (χ4v) is 11.1. The van der Waals surface area contributed by atoms with Crippen LogP contribution < -0.4 is 0 Å². The van der Waals surface area contributed by atoms with Crippen molar-refractivity contribution in [3.8, 4) is 0 Å². The first-order chi connectivity index (χ1) is 40.2. The number of esters is 4. The molecule has 0 saturated carbocycles. The number of phosphoric acid groups is 2. The van der Waals surface area contributed by atoms with Crippen LogP contribution in [0.3, 0.4) is 0 Å². The van der Waals surface area contributed by atoms with Crippen LogP contribution in [0, 0.1) is 23.7 Å². The Morgan fingerprint density at radius 2 is 0.571 bits per heavy atom. The molecule has 498 valence electrons. The van der Waals surface area contributed by atoms with Crippen molar-refractivity contribution in [3.63, 3.8) is 0 Å². The predicted octanol–water partition coefficient (Wildman–Crippen LogP) is 17.8. The molecule has 3 N–H and O–H groups in total. The van der Waals surface area contributed by atoms with Gasteiger partial charge in [-0.3, -0.25) is 37.3 Å². The van der Waals surface area contributed by atoms with Gasteiger partial charge in [0.15, 0.2) is 12.2 Å². The Bertz CT molecular complexity index is 1680. The molecule has 0 saturated heterocycles. The Labute approximate surface area is 511 Å². The second-order valence-electron chi connectivity index (χ2n) is 24.7. The van der Waals surface area contributed by atoms with Gasteiger partial charge in [0.2, 0.25) is 0 Å². The largest absolute Gasteiger partial charge is 0.472 e. The molecule has 0 aromatic rings. The first kappa shape index (κ1) is 82.1. The number of carbonyl (C=O) groups is 4. The smallest absolute Gasteiger partial charge is 0.462 e. The van der Waals surface area contributed by atoms with E-state index in [0.717, 1.165) is 114 Å². The van der Waals surface area contributed by atoms with E-state index in [1.54, 1.807) is 0 Å². The van der Waals surface area contributed by atoms with E-state index >= 15 is 0 Å². The lowest BCUT2D eigenvalue weighted by molar-refractivity contribution is -0.161. The van der Waals surface area contributed by atoms with Crippen molar-refractivity contribution in [2.75, 3.05) is 39.6 Å². The van der Waals surface area contributed by atoms with Gasteiger partial charge in [-0.15, -0.1) is 0 Å². The lowest BCUT2D eigenvalue weighted by Gasteiger charge is -2.21. The van der Waals surface area contributed by atoms with Crippen LogP contribution in [0.15, 0.2) is 0 Å². The third kappa shape index (κ3) is 55.4. The van der Waals surface area contributed by atoms with Gasteiger partial charge in [0, 0.05) is 25.7 Å². The molecule has 19 heteroatoms. The van der Waals surface area contributed by atoms with Gasteiger partial charge >= 0.3 is 39.5 Å². The zero-order valence-electron chi connectivity index (χ0n) is 54.5. The number of phosphoric ester groups is 2. The first-order valence-corrected chi connectivity index (χ1v) is 36.8. The van der Waals surface area contributed by atoms with Crippen LogP contribution in [0.1, 0.15) is 312 Å². The number of ether oxygens (including phenoxy) is 4. The fraction of sp³-hybridized carbons (Fsp3) is 0.938. The molecule has 0 spiro atoms. The van der Waals surface area contributed by atoms with Crippen LogP contribution >= 0.6 is 15.6 Å². The van der Waals surface area contributed by atoms with Crippen LogP contribution in [-0.2, 0) is 65.4 Å². The van der Waals surface area contributed by atoms with Crippen molar-refractivity contribution in [3.05, 3.63) is 0 Å². The highest BCUT2D eigenvalue weighted by atomic mass is 31.2. The highest BCUT2D eigenvalue weighted by molar-refractivity contribution is 7.47. The number of hydrogen-bond acceptors (Lipinski definition) is 15. The van der Waals surface area contributed by atoms with Crippen LogP contribution in [0.2, 0.25) is 0 Å². The topological polar surface area (TPSA) is 237 Å². The summed E-state index contributed by atoms with van der Waals surface area (Å²) in [6.07, 6.45) is 34.9. The zero-order chi connectivity index (χ0) is 62.5. The third-order valence-corrected chi connectivity index (χ3v) is 17.8. The van der Waals surface area contributed by atoms with Gasteiger partial charge in [-0.1, -0.05) is 261 Å². The number of rotatable bonds is 62. The molecule has 0 aliphatic heterocycles. The van der Waals surface area contributed by atoms with Crippen LogP contribution in [0.4, 0.5) is 0 Å². The summed E-state index contributed by atoms with van der Waals surface area (Å²) < 4.78 is 68.0. The zero-order valence-corrected chi connectivity index (χ0v) is 56.3. The van der Waals surface area contributed by atoms with Gasteiger partial charge in [0.25, 0.3) is 0 Å². The molecule has 0 fully saturated rings. The summed E-state index contributed by atoms with van der Waals surface area (Å²) in [5, 5.41) is 10.5. The van der Waals surface area contributed by atoms with Gasteiger partial charge in [0.1, 0.15) is 19.3 Å². The highest BCUT2D eigenvalue weighted by Crippen LogP contribution is 2.45. The number of aliphatic hydroxyl groups is 1. The van der Waals surface area contributed by atoms with Crippen molar-refractivity contribution < 1.29 is 80.2 Å².